The van der Waals surface area contributed by atoms with Crippen LogP contribution in [0, 0.1) is 12.8 Å². The maximum Gasteiger partial charge on any atom is 0.0709 e. The highest BCUT2D eigenvalue weighted by molar-refractivity contribution is 7.85. The lowest BCUT2D eigenvalue weighted by molar-refractivity contribution is 0.0292. The van der Waals surface area contributed by atoms with Crippen molar-refractivity contribution >= 4 is 10.8 Å². The molecule has 0 unspecified atom stereocenters. The van der Waals surface area contributed by atoms with Crippen LogP contribution in [0.5, 0.6) is 0 Å². The van der Waals surface area contributed by atoms with Crippen LogP contribution < -0.4 is 0 Å². The van der Waals surface area contributed by atoms with Gasteiger partial charge in [0.1, 0.15) is 0 Å². The summed E-state index contributed by atoms with van der Waals surface area (Å²) in [6, 6.07) is 17.5. The van der Waals surface area contributed by atoms with E-state index < -0.39 is 23.0 Å². The van der Waals surface area contributed by atoms with Gasteiger partial charge < -0.3 is 10.2 Å². The third-order valence-corrected chi connectivity index (χ3v) is 5.83. The van der Waals surface area contributed by atoms with Gasteiger partial charge in [-0.3, -0.25) is 4.21 Å². The van der Waals surface area contributed by atoms with Crippen molar-refractivity contribution in [1.29, 1.82) is 0 Å². The fourth-order valence-electron chi connectivity index (χ4n) is 2.57. The van der Waals surface area contributed by atoms with Crippen LogP contribution in [0.4, 0.5) is 0 Å². The summed E-state index contributed by atoms with van der Waals surface area (Å²) in [7, 11) is -1.26. The molecule has 24 heavy (non-hydrogen) atoms. The van der Waals surface area contributed by atoms with E-state index in [0.717, 1.165) is 12.0 Å². The topological polar surface area (TPSA) is 57.5 Å². The maximum absolute atomic E-state index is 12.3. The second-order valence-corrected chi connectivity index (χ2v) is 7.84. The van der Waals surface area contributed by atoms with E-state index in [9.17, 15) is 14.4 Å². The van der Waals surface area contributed by atoms with Gasteiger partial charge in [-0.25, -0.2) is 0 Å². The summed E-state index contributed by atoms with van der Waals surface area (Å²) in [4.78, 5) is 0.714. The summed E-state index contributed by atoms with van der Waals surface area (Å²) in [6.07, 6.45) is -0.0624. The Morgan fingerprint density at radius 1 is 0.958 bits per heavy atom. The largest absolute Gasteiger partial charge is 0.393 e. The molecule has 0 aliphatic heterocycles. The fourth-order valence-corrected chi connectivity index (χ4v) is 3.82. The number of hydrogen-bond donors (Lipinski definition) is 2. The van der Waals surface area contributed by atoms with Gasteiger partial charge in [-0.15, -0.1) is 0 Å². The van der Waals surface area contributed by atoms with E-state index in [-0.39, 0.29) is 11.7 Å². The minimum Gasteiger partial charge on any atom is -0.393 e. The van der Waals surface area contributed by atoms with E-state index >= 15 is 0 Å². The average Bonchev–Trinajstić information content (AvgIpc) is 2.60. The van der Waals surface area contributed by atoms with E-state index in [0.29, 0.717) is 11.3 Å². The number of aliphatic hydroxyl groups excluding tert-OH is 2. The number of aliphatic hydroxyl groups is 2. The molecule has 0 radical (unpaired) electrons. The minimum absolute atomic E-state index is 0.145. The van der Waals surface area contributed by atoms with Gasteiger partial charge in [0.05, 0.1) is 28.8 Å². The van der Waals surface area contributed by atoms with Gasteiger partial charge in [0.25, 0.3) is 0 Å². The highest BCUT2D eigenvalue weighted by Crippen LogP contribution is 2.18. The average molecular weight is 346 g/mol. The van der Waals surface area contributed by atoms with Crippen molar-refractivity contribution < 1.29 is 14.4 Å². The predicted molar refractivity (Wildman–Crippen MR) is 98.4 cm³/mol. The molecule has 4 heteroatoms. The monoisotopic (exact) mass is 346 g/mol. The normalized spacial score (nSPS) is 16.3. The molecule has 0 spiro atoms. The van der Waals surface area contributed by atoms with Gasteiger partial charge in [-0.05, 0) is 37.5 Å². The zero-order valence-corrected chi connectivity index (χ0v) is 15.1. The number of hydrogen-bond acceptors (Lipinski definition) is 3. The molecule has 0 saturated carbocycles. The van der Waals surface area contributed by atoms with Gasteiger partial charge in [0.15, 0.2) is 0 Å². The van der Waals surface area contributed by atoms with Gasteiger partial charge in [-0.2, -0.15) is 0 Å². The molecule has 2 N–H and O–H groups in total. The maximum atomic E-state index is 12.3. The summed E-state index contributed by atoms with van der Waals surface area (Å²) in [5.74, 6) is -0.171. The summed E-state index contributed by atoms with van der Waals surface area (Å²) >= 11 is 0. The van der Waals surface area contributed by atoms with Crippen LogP contribution in [0.2, 0.25) is 0 Å². The first-order valence-electron chi connectivity index (χ1n) is 8.32. The highest BCUT2D eigenvalue weighted by Gasteiger charge is 2.24. The lowest BCUT2D eigenvalue weighted by Gasteiger charge is -2.24. The van der Waals surface area contributed by atoms with Crippen LogP contribution in [0.1, 0.15) is 24.5 Å². The molecule has 0 heterocycles. The van der Waals surface area contributed by atoms with Gasteiger partial charge in [0, 0.05) is 10.8 Å². The van der Waals surface area contributed by atoms with E-state index in [1.165, 1.54) is 5.56 Å². The summed E-state index contributed by atoms with van der Waals surface area (Å²) in [6.45, 7) is 3.79. The number of benzene rings is 2. The van der Waals surface area contributed by atoms with E-state index in [1.54, 1.807) is 0 Å². The molecule has 2 rings (SSSR count). The standard InChI is InChI=1S/C20H26O3S/c1-15-8-11-18(12-9-15)24(23)14-20(22)16(2)19(21)13-10-17-6-4-3-5-7-17/h3-9,11-12,16,19-22H,10,13-14H2,1-2H3/t16-,19-,20-,24-/m1/s1. The van der Waals surface area contributed by atoms with E-state index in [1.807, 2.05) is 68.4 Å². The molecule has 0 fully saturated rings. The second-order valence-electron chi connectivity index (χ2n) is 6.34. The van der Waals surface area contributed by atoms with Crippen molar-refractivity contribution in [2.24, 2.45) is 5.92 Å². The van der Waals surface area contributed by atoms with Gasteiger partial charge >= 0.3 is 0 Å². The fraction of sp³-hybridized carbons (Fsp3) is 0.400. The molecule has 4 atom stereocenters. The molecule has 0 aromatic heterocycles. The van der Waals surface area contributed by atoms with Crippen molar-refractivity contribution in [1.82, 2.24) is 0 Å². The Balaban J connectivity index is 1.85. The Morgan fingerprint density at radius 2 is 1.58 bits per heavy atom. The highest BCUT2D eigenvalue weighted by atomic mass is 32.2. The minimum atomic E-state index is -1.26. The molecular weight excluding hydrogens is 320 g/mol. The Labute approximate surface area is 146 Å². The first-order chi connectivity index (χ1) is 11.5. The summed E-state index contributed by atoms with van der Waals surface area (Å²) in [5.41, 5.74) is 2.28. The Kier molecular flexibility index (Phi) is 7.16. The molecule has 3 nitrogen and oxygen atoms in total. The van der Waals surface area contributed by atoms with Crippen LogP contribution >= 0.6 is 0 Å². The van der Waals surface area contributed by atoms with Crippen molar-refractivity contribution in [2.45, 2.75) is 43.8 Å². The van der Waals surface area contributed by atoms with Crippen molar-refractivity contribution in [3.63, 3.8) is 0 Å². The lowest BCUT2D eigenvalue weighted by Crippen LogP contribution is -2.33. The van der Waals surface area contributed by atoms with Crippen molar-refractivity contribution in [3.05, 3.63) is 65.7 Å². The van der Waals surface area contributed by atoms with Crippen LogP contribution in [-0.4, -0.2) is 32.4 Å². The molecule has 2 aromatic rings. The van der Waals surface area contributed by atoms with Crippen LogP contribution in [0.15, 0.2) is 59.5 Å². The molecule has 0 amide bonds. The first-order valence-corrected chi connectivity index (χ1v) is 9.64. The smallest absolute Gasteiger partial charge is 0.0709 e. The third-order valence-electron chi connectivity index (χ3n) is 4.39. The Bertz CT molecular complexity index is 640. The molecule has 2 aromatic carbocycles. The summed E-state index contributed by atoms with van der Waals surface area (Å²) in [5, 5.41) is 20.6. The molecule has 0 bridgehead atoms. The molecule has 0 aliphatic carbocycles. The van der Waals surface area contributed by atoms with Gasteiger partial charge in [0.2, 0.25) is 0 Å². The molecular formula is C20H26O3S. The number of aryl methyl sites for hydroxylation is 2. The van der Waals surface area contributed by atoms with Crippen LogP contribution in [0.25, 0.3) is 0 Å². The van der Waals surface area contributed by atoms with E-state index in [2.05, 4.69) is 0 Å². The third kappa shape index (κ3) is 5.55. The Hall–Kier alpha value is -1.49. The van der Waals surface area contributed by atoms with Crippen LogP contribution in [0.3, 0.4) is 0 Å². The SMILES string of the molecule is Cc1ccc([S@](=O)C[C@@H](O)[C@H](C)[C@H](O)CCc2ccccc2)cc1. The predicted octanol–water partition coefficient (Wildman–Crippen LogP) is 3.09. The zero-order chi connectivity index (χ0) is 17.5. The number of rotatable bonds is 8. The van der Waals surface area contributed by atoms with Crippen molar-refractivity contribution in [2.75, 3.05) is 5.75 Å². The molecule has 0 saturated heterocycles. The lowest BCUT2D eigenvalue weighted by atomic mass is 9.94. The van der Waals surface area contributed by atoms with E-state index in [4.69, 9.17) is 0 Å². The zero-order valence-electron chi connectivity index (χ0n) is 14.3. The van der Waals surface area contributed by atoms with Gasteiger partial charge in [-0.1, -0.05) is 55.0 Å². The van der Waals surface area contributed by atoms with Crippen LogP contribution in [-0.2, 0) is 17.2 Å². The molecule has 0 aliphatic rings. The molecule has 130 valence electrons. The second kappa shape index (κ2) is 9.11. The summed E-state index contributed by atoms with van der Waals surface area (Å²) < 4.78 is 12.3. The first kappa shape index (κ1) is 18.8. The van der Waals surface area contributed by atoms with Crippen molar-refractivity contribution in [3.8, 4) is 0 Å². The Morgan fingerprint density at radius 3 is 2.21 bits per heavy atom. The quantitative estimate of drug-likeness (QED) is 0.772.